The van der Waals surface area contributed by atoms with Gasteiger partial charge in [-0.25, -0.2) is 4.68 Å². The number of nitrogens with zero attached hydrogens (tertiary/aromatic N) is 3. The van der Waals surface area contributed by atoms with Crippen LogP contribution in [-0.2, 0) is 4.79 Å². The number of fused-ring (bicyclic) bond motifs is 1. The summed E-state index contributed by atoms with van der Waals surface area (Å²) in [5, 5.41) is 8.58. The van der Waals surface area contributed by atoms with E-state index < -0.39 is 6.04 Å². The molecule has 1 aromatic carbocycles. The molecule has 4 rings (SSSR count). The summed E-state index contributed by atoms with van der Waals surface area (Å²) in [6.45, 7) is 5.61. The maximum atomic E-state index is 12.8. The van der Waals surface area contributed by atoms with E-state index in [1.165, 1.54) is 0 Å². The molecule has 26 heavy (non-hydrogen) atoms. The van der Waals surface area contributed by atoms with Crippen LogP contribution in [0.4, 0.5) is 0 Å². The van der Waals surface area contributed by atoms with E-state index in [1.54, 1.807) is 22.2 Å². The summed E-state index contributed by atoms with van der Waals surface area (Å²) in [7, 11) is 0. The van der Waals surface area contributed by atoms with Gasteiger partial charge in [0.05, 0.1) is 11.4 Å². The molecule has 0 radical (unpaired) electrons. The molecule has 1 aliphatic carbocycles. The quantitative estimate of drug-likeness (QED) is 0.786. The average Bonchev–Trinajstić information content (AvgIpc) is 3.36. The van der Waals surface area contributed by atoms with Crippen molar-refractivity contribution in [3.05, 3.63) is 58.0 Å². The molecule has 1 aliphatic rings. The van der Waals surface area contributed by atoms with Crippen molar-refractivity contribution in [3.63, 3.8) is 0 Å². The van der Waals surface area contributed by atoms with Crippen LogP contribution in [0.2, 0.25) is 0 Å². The van der Waals surface area contributed by atoms with Gasteiger partial charge in [0, 0.05) is 17.5 Å². The molecule has 1 atom stereocenters. The number of aromatic nitrogens is 3. The van der Waals surface area contributed by atoms with Gasteiger partial charge >= 0.3 is 0 Å². The van der Waals surface area contributed by atoms with E-state index in [2.05, 4.69) is 10.4 Å². The molecule has 1 unspecified atom stereocenters. The number of carbonyl (C=O) groups excluding carboxylic acids is 1. The molecule has 0 aliphatic heterocycles. The maximum absolute atomic E-state index is 12.8. The highest BCUT2D eigenvalue weighted by Crippen LogP contribution is 2.26. The van der Waals surface area contributed by atoms with Crippen molar-refractivity contribution < 1.29 is 4.79 Å². The number of pyridine rings is 1. The lowest BCUT2D eigenvalue weighted by atomic mass is 10.1. The van der Waals surface area contributed by atoms with E-state index in [0.29, 0.717) is 5.65 Å². The number of para-hydroxylation sites is 1. The third-order valence-corrected chi connectivity index (χ3v) is 4.93. The number of hydrogen-bond donors (Lipinski definition) is 1. The maximum Gasteiger partial charge on any atom is 0.253 e. The first-order chi connectivity index (χ1) is 12.5. The van der Waals surface area contributed by atoms with Gasteiger partial charge < -0.3 is 5.32 Å². The molecule has 3 aromatic rings. The van der Waals surface area contributed by atoms with E-state index in [9.17, 15) is 9.59 Å². The molecule has 1 fully saturated rings. The van der Waals surface area contributed by atoms with Gasteiger partial charge in [0.2, 0.25) is 5.91 Å². The molecule has 134 valence electrons. The van der Waals surface area contributed by atoms with Gasteiger partial charge in [0.1, 0.15) is 11.7 Å². The summed E-state index contributed by atoms with van der Waals surface area (Å²) in [6, 6.07) is 10.9. The molecule has 2 heterocycles. The van der Waals surface area contributed by atoms with Crippen molar-refractivity contribution >= 4 is 16.9 Å². The van der Waals surface area contributed by atoms with E-state index in [4.69, 9.17) is 0 Å². The van der Waals surface area contributed by atoms with Gasteiger partial charge in [0.25, 0.3) is 5.56 Å². The molecule has 0 bridgehead atoms. The third-order valence-electron chi connectivity index (χ3n) is 4.93. The Morgan fingerprint density at radius 1 is 1.23 bits per heavy atom. The first kappa shape index (κ1) is 16.6. The Bertz CT molecular complexity index is 1050. The Balaban J connectivity index is 1.96. The van der Waals surface area contributed by atoms with Crippen molar-refractivity contribution in [2.45, 2.75) is 45.7 Å². The van der Waals surface area contributed by atoms with E-state index in [-0.39, 0.29) is 17.5 Å². The van der Waals surface area contributed by atoms with Crippen molar-refractivity contribution in [2.75, 3.05) is 0 Å². The summed E-state index contributed by atoms with van der Waals surface area (Å²) in [5.74, 6) is -0.127. The van der Waals surface area contributed by atoms with Crippen molar-refractivity contribution in [1.29, 1.82) is 0 Å². The standard InChI is InChI=1S/C20H22N4O2/c1-12-11-17(25)23(14(3)19(26)21-15-9-10-15)20-18(12)13(2)22-24(20)16-7-5-4-6-8-16/h4-8,11,14-15H,9-10H2,1-3H3,(H,21,26). The van der Waals surface area contributed by atoms with Gasteiger partial charge in [-0.05, 0) is 51.3 Å². The van der Waals surface area contributed by atoms with Crippen molar-refractivity contribution in [1.82, 2.24) is 19.7 Å². The minimum Gasteiger partial charge on any atom is -0.352 e. The summed E-state index contributed by atoms with van der Waals surface area (Å²) in [6.07, 6.45) is 2.02. The molecule has 6 heteroatoms. The second kappa shape index (κ2) is 6.12. The van der Waals surface area contributed by atoms with Gasteiger partial charge in [-0.1, -0.05) is 18.2 Å². The molecule has 6 nitrogen and oxygen atoms in total. The van der Waals surface area contributed by atoms with Crippen LogP contribution in [0.3, 0.4) is 0 Å². The number of nitrogens with one attached hydrogen (secondary N) is 1. The highest BCUT2D eigenvalue weighted by molar-refractivity contribution is 5.87. The number of rotatable bonds is 4. The van der Waals surface area contributed by atoms with Gasteiger partial charge in [-0.3, -0.25) is 14.2 Å². The largest absolute Gasteiger partial charge is 0.352 e. The van der Waals surface area contributed by atoms with E-state index >= 15 is 0 Å². The molecular formula is C20H22N4O2. The van der Waals surface area contributed by atoms with Crippen LogP contribution < -0.4 is 10.9 Å². The SMILES string of the molecule is Cc1cc(=O)n(C(C)C(=O)NC2CC2)c2c1c(C)nn2-c1ccccc1. The van der Waals surface area contributed by atoms with Crippen molar-refractivity contribution in [3.8, 4) is 5.69 Å². The molecule has 1 N–H and O–H groups in total. The molecule has 2 aromatic heterocycles. The number of hydrogen-bond acceptors (Lipinski definition) is 3. The fourth-order valence-electron chi connectivity index (χ4n) is 3.42. The zero-order valence-electron chi connectivity index (χ0n) is 15.2. The number of amides is 1. The van der Waals surface area contributed by atoms with Gasteiger partial charge in [-0.2, -0.15) is 5.10 Å². The number of benzene rings is 1. The highest BCUT2D eigenvalue weighted by Gasteiger charge is 2.28. The zero-order valence-corrected chi connectivity index (χ0v) is 15.2. The normalized spacial score (nSPS) is 15.2. The third kappa shape index (κ3) is 2.71. The monoisotopic (exact) mass is 350 g/mol. The fourth-order valence-corrected chi connectivity index (χ4v) is 3.42. The van der Waals surface area contributed by atoms with E-state index in [1.807, 2.05) is 44.2 Å². The predicted octanol–water partition coefficient (Wildman–Crippen LogP) is 2.64. The first-order valence-electron chi connectivity index (χ1n) is 8.94. The lowest BCUT2D eigenvalue weighted by Crippen LogP contribution is -2.37. The summed E-state index contributed by atoms with van der Waals surface area (Å²) < 4.78 is 3.33. The lowest BCUT2D eigenvalue weighted by molar-refractivity contribution is -0.124. The van der Waals surface area contributed by atoms with Crippen LogP contribution in [0.25, 0.3) is 16.7 Å². The molecule has 0 saturated heterocycles. The molecule has 1 amide bonds. The van der Waals surface area contributed by atoms with Crippen LogP contribution in [0, 0.1) is 13.8 Å². The lowest BCUT2D eigenvalue weighted by Gasteiger charge is -2.18. The Morgan fingerprint density at radius 3 is 2.58 bits per heavy atom. The fraction of sp³-hybridized carbons (Fsp3) is 0.350. The predicted molar refractivity (Wildman–Crippen MR) is 101 cm³/mol. The number of aryl methyl sites for hydroxylation is 2. The second-order valence-corrected chi connectivity index (χ2v) is 7.03. The molecular weight excluding hydrogens is 328 g/mol. The van der Waals surface area contributed by atoms with E-state index in [0.717, 1.165) is 35.2 Å². The minimum absolute atomic E-state index is 0.127. The van der Waals surface area contributed by atoms with Gasteiger partial charge in [-0.15, -0.1) is 0 Å². The Kier molecular flexibility index (Phi) is 3.90. The Morgan fingerprint density at radius 2 is 1.92 bits per heavy atom. The van der Waals surface area contributed by atoms with Gasteiger partial charge in [0.15, 0.2) is 0 Å². The second-order valence-electron chi connectivity index (χ2n) is 7.03. The van der Waals surface area contributed by atoms with Crippen LogP contribution in [0.1, 0.15) is 37.1 Å². The average molecular weight is 350 g/mol. The van der Waals surface area contributed by atoms with Crippen LogP contribution >= 0.6 is 0 Å². The van der Waals surface area contributed by atoms with Crippen molar-refractivity contribution in [2.24, 2.45) is 0 Å². The highest BCUT2D eigenvalue weighted by atomic mass is 16.2. The molecule has 0 spiro atoms. The van der Waals surface area contributed by atoms with Crippen LogP contribution in [0.5, 0.6) is 0 Å². The topological polar surface area (TPSA) is 68.9 Å². The molecule has 1 saturated carbocycles. The first-order valence-corrected chi connectivity index (χ1v) is 8.94. The Hall–Kier alpha value is -2.89. The van der Waals surface area contributed by atoms with Crippen LogP contribution in [-0.4, -0.2) is 26.3 Å². The minimum atomic E-state index is -0.607. The summed E-state index contributed by atoms with van der Waals surface area (Å²) in [5.41, 5.74) is 3.04. The summed E-state index contributed by atoms with van der Waals surface area (Å²) in [4.78, 5) is 25.5. The summed E-state index contributed by atoms with van der Waals surface area (Å²) >= 11 is 0. The number of carbonyl (C=O) groups is 1. The zero-order chi connectivity index (χ0) is 18.4. The van der Waals surface area contributed by atoms with Crippen LogP contribution in [0.15, 0.2) is 41.2 Å². The smallest absolute Gasteiger partial charge is 0.253 e. The Labute approximate surface area is 151 Å².